The number of fused-ring (bicyclic) bond motifs is 1. The van der Waals surface area contributed by atoms with E-state index >= 15 is 0 Å². The van der Waals surface area contributed by atoms with Gasteiger partial charge in [-0.3, -0.25) is 4.98 Å². The van der Waals surface area contributed by atoms with Gasteiger partial charge in [0.25, 0.3) is 0 Å². The number of rotatable bonds is 3. The molecule has 1 N–H and O–H groups in total. The van der Waals surface area contributed by atoms with E-state index in [1.165, 1.54) is 11.1 Å². The Labute approximate surface area is 120 Å². The summed E-state index contributed by atoms with van der Waals surface area (Å²) in [5.41, 5.74) is 3.33. The third-order valence-corrected chi connectivity index (χ3v) is 4.02. The van der Waals surface area contributed by atoms with Crippen LogP contribution in [-0.2, 0) is 4.74 Å². The number of para-hydroxylation sites is 1. The summed E-state index contributed by atoms with van der Waals surface area (Å²) >= 11 is 0. The molecule has 1 aliphatic rings. The van der Waals surface area contributed by atoms with E-state index in [1.54, 1.807) is 0 Å². The highest BCUT2D eigenvalue weighted by molar-refractivity contribution is 5.91. The SMILES string of the molecule is Cc1cc(NC[C@H]2CCO[C@@H](C)C2)c2ccccc2n1. The minimum Gasteiger partial charge on any atom is -0.384 e. The number of nitrogens with one attached hydrogen (secondary N) is 1. The number of ether oxygens (including phenoxy) is 1. The maximum absolute atomic E-state index is 5.61. The average Bonchev–Trinajstić information content (AvgIpc) is 2.44. The molecule has 0 bridgehead atoms. The van der Waals surface area contributed by atoms with Crippen molar-refractivity contribution in [1.82, 2.24) is 4.98 Å². The van der Waals surface area contributed by atoms with Crippen LogP contribution in [-0.4, -0.2) is 24.2 Å². The number of hydrogen-bond acceptors (Lipinski definition) is 3. The van der Waals surface area contributed by atoms with E-state index in [2.05, 4.69) is 41.5 Å². The molecule has 3 nitrogen and oxygen atoms in total. The Morgan fingerprint density at radius 2 is 2.20 bits per heavy atom. The number of aryl methyl sites for hydroxylation is 1. The van der Waals surface area contributed by atoms with Gasteiger partial charge in [0.2, 0.25) is 0 Å². The second-order valence-corrected chi connectivity index (χ2v) is 5.78. The first-order chi connectivity index (χ1) is 9.72. The average molecular weight is 270 g/mol. The Morgan fingerprint density at radius 1 is 1.35 bits per heavy atom. The summed E-state index contributed by atoms with van der Waals surface area (Å²) in [5, 5.41) is 4.83. The molecule has 1 aliphatic heterocycles. The number of aromatic nitrogens is 1. The van der Waals surface area contributed by atoms with Crippen molar-refractivity contribution < 1.29 is 4.74 Å². The zero-order valence-corrected chi connectivity index (χ0v) is 12.2. The zero-order valence-electron chi connectivity index (χ0n) is 12.2. The van der Waals surface area contributed by atoms with Crippen molar-refractivity contribution in [3.05, 3.63) is 36.0 Å². The number of anilines is 1. The maximum Gasteiger partial charge on any atom is 0.0725 e. The Hall–Kier alpha value is -1.61. The lowest BCUT2D eigenvalue weighted by Gasteiger charge is -2.27. The fourth-order valence-corrected chi connectivity index (χ4v) is 2.98. The number of pyridine rings is 1. The van der Waals surface area contributed by atoms with Gasteiger partial charge in [-0.2, -0.15) is 0 Å². The Kier molecular flexibility index (Phi) is 3.88. The third-order valence-electron chi connectivity index (χ3n) is 4.02. The van der Waals surface area contributed by atoms with Crippen LogP contribution in [0.15, 0.2) is 30.3 Å². The number of hydrogen-bond donors (Lipinski definition) is 1. The standard InChI is InChI=1S/C17H22N2O/c1-12-9-17(15-5-3-4-6-16(15)19-12)18-11-14-7-8-20-13(2)10-14/h3-6,9,13-14H,7-8,10-11H2,1-2H3,(H,18,19)/t13-,14-/m0/s1. The molecule has 3 rings (SSSR count). The molecule has 1 aromatic carbocycles. The van der Waals surface area contributed by atoms with Gasteiger partial charge in [-0.05, 0) is 44.7 Å². The van der Waals surface area contributed by atoms with Crippen LogP contribution in [0, 0.1) is 12.8 Å². The summed E-state index contributed by atoms with van der Waals surface area (Å²) < 4.78 is 5.61. The molecule has 20 heavy (non-hydrogen) atoms. The second kappa shape index (κ2) is 5.80. The van der Waals surface area contributed by atoms with Crippen LogP contribution >= 0.6 is 0 Å². The summed E-state index contributed by atoms with van der Waals surface area (Å²) in [5.74, 6) is 0.700. The molecule has 2 aromatic rings. The van der Waals surface area contributed by atoms with Gasteiger partial charge in [0.15, 0.2) is 0 Å². The van der Waals surface area contributed by atoms with Crippen molar-refractivity contribution in [2.24, 2.45) is 5.92 Å². The van der Waals surface area contributed by atoms with Gasteiger partial charge < -0.3 is 10.1 Å². The molecule has 3 heteroatoms. The molecule has 2 atom stereocenters. The van der Waals surface area contributed by atoms with E-state index in [9.17, 15) is 0 Å². The molecule has 0 saturated carbocycles. The third kappa shape index (κ3) is 2.93. The molecule has 106 valence electrons. The molecule has 1 fully saturated rings. The fourth-order valence-electron chi connectivity index (χ4n) is 2.98. The molecule has 0 unspecified atom stereocenters. The van der Waals surface area contributed by atoms with Crippen molar-refractivity contribution >= 4 is 16.6 Å². The summed E-state index contributed by atoms with van der Waals surface area (Å²) in [7, 11) is 0. The quantitative estimate of drug-likeness (QED) is 0.922. The van der Waals surface area contributed by atoms with E-state index in [-0.39, 0.29) is 0 Å². The predicted molar refractivity (Wildman–Crippen MR) is 83.1 cm³/mol. The van der Waals surface area contributed by atoms with E-state index in [0.717, 1.165) is 37.2 Å². The molecule has 0 radical (unpaired) electrons. The van der Waals surface area contributed by atoms with Gasteiger partial charge in [-0.25, -0.2) is 0 Å². The van der Waals surface area contributed by atoms with Crippen molar-refractivity contribution in [3.8, 4) is 0 Å². The molecule has 0 spiro atoms. The first-order valence-electron chi connectivity index (χ1n) is 7.44. The van der Waals surface area contributed by atoms with Crippen LogP contribution < -0.4 is 5.32 Å². The van der Waals surface area contributed by atoms with E-state index < -0.39 is 0 Å². The van der Waals surface area contributed by atoms with Gasteiger partial charge in [-0.1, -0.05) is 18.2 Å². The molecular formula is C17H22N2O. The van der Waals surface area contributed by atoms with E-state index in [1.807, 2.05) is 13.0 Å². The van der Waals surface area contributed by atoms with Crippen molar-refractivity contribution in [3.63, 3.8) is 0 Å². The molecular weight excluding hydrogens is 248 g/mol. The maximum atomic E-state index is 5.61. The summed E-state index contributed by atoms with van der Waals surface area (Å²) in [4.78, 5) is 4.58. The monoisotopic (exact) mass is 270 g/mol. The van der Waals surface area contributed by atoms with E-state index in [4.69, 9.17) is 4.74 Å². The summed E-state index contributed by atoms with van der Waals surface area (Å²) in [6, 6.07) is 10.5. The largest absolute Gasteiger partial charge is 0.384 e. The lowest BCUT2D eigenvalue weighted by atomic mass is 9.96. The van der Waals surface area contributed by atoms with E-state index in [0.29, 0.717) is 12.0 Å². The van der Waals surface area contributed by atoms with Crippen LogP contribution in [0.4, 0.5) is 5.69 Å². The summed E-state index contributed by atoms with van der Waals surface area (Å²) in [6.07, 6.45) is 2.69. The highest BCUT2D eigenvalue weighted by atomic mass is 16.5. The van der Waals surface area contributed by atoms with Crippen LogP contribution in [0.3, 0.4) is 0 Å². The van der Waals surface area contributed by atoms with Gasteiger partial charge >= 0.3 is 0 Å². The lowest BCUT2D eigenvalue weighted by molar-refractivity contribution is 0.00559. The second-order valence-electron chi connectivity index (χ2n) is 5.78. The van der Waals surface area contributed by atoms with Crippen molar-refractivity contribution in [2.45, 2.75) is 32.8 Å². The smallest absolute Gasteiger partial charge is 0.0725 e. The Bertz CT molecular complexity index is 597. The van der Waals surface area contributed by atoms with Gasteiger partial charge in [0.1, 0.15) is 0 Å². The molecule has 1 aromatic heterocycles. The van der Waals surface area contributed by atoms with Gasteiger partial charge in [0, 0.05) is 29.9 Å². The Balaban J connectivity index is 1.77. The normalized spacial score (nSPS) is 22.9. The minimum atomic E-state index is 0.395. The van der Waals surface area contributed by atoms with Crippen molar-refractivity contribution in [1.29, 1.82) is 0 Å². The lowest BCUT2D eigenvalue weighted by Crippen LogP contribution is -2.27. The number of nitrogens with zero attached hydrogens (tertiary/aromatic N) is 1. The topological polar surface area (TPSA) is 34.1 Å². The fraction of sp³-hybridized carbons (Fsp3) is 0.471. The van der Waals surface area contributed by atoms with Gasteiger partial charge in [0.05, 0.1) is 11.6 Å². The first-order valence-corrected chi connectivity index (χ1v) is 7.44. The highest BCUT2D eigenvalue weighted by Crippen LogP contribution is 2.25. The van der Waals surface area contributed by atoms with Crippen LogP contribution in [0.2, 0.25) is 0 Å². The van der Waals surface area contributed by atoms with Crippen LogP contribution in [0.25, 0.3) is 10.9 Å². The number of benzene rings is 1. The van der Waals surface area contributed by atoms with Crippen LogP contribution in [0.5, 0.6) is 0 Å². The molecule has 0 aliphatic carbocycles. The predicted octanol–water partition coefficient (Wildman–Crippen LogP) is 3.77. The molecule has 0 amide bonds. The van der Waals surface area contributed by atoms with Crippen molar-refractivity contribution in [2.75, 3.05) is 18.5 Å². The highest BCUT2D eigenvalue weighted by Gasteiger charge is 2.19. The first kappa shape index (κ1) is 13.4. The van der Waals surface area contributed by atoms with Gasteiger partial charge in [-0.15, -0.1) is 0 Å². The molecule has 2 heterocycles. The van der Waals surface area contributed by atoms with Crippen LogP contribution in [0.1, 0.15) is 25.5 Å². The Morgan fingerprint density at radius 3 is 3.05 bits per heavy atom. The summed E-state index contributed by atoms with van der Waals surface area (Å²) in [6.45, 7) is 6.12. The zero-order chi connectivity index (χ0) is 13.9. The molecule has 1 saturated heterocycles. The minimum absolute atomic E-state index is 0.395.